The fourth-order valence-corrected chi connectivity index (χ4v) is 2.77. The number of hydrogen-bond acceptors (Lipinski definition) is 4. The van der Waals surface area contributed by atoms with Crippen molar-refractivity contribution in [2.45, 2.75) is 19.9 Å². The minimum Gasteiger partial charge on any atom is -0.443 e. The lowest BCUT2D eigenvalue weighted by Gasteiger charge is -2.06. The Morgan fingerprint density at radius 3 is 3.04 bits per heavy atom. The first kappa shape index (κ1) is 15.3. The first-order chi connectivity index (χ1) is 11.2. The number of guanidine groups is 1. The third-order valence-electron chi connectivity index (χ3n) is 3.30. The number of nitrogens with zero attached hydrogens (tertiary/aromatic N) is 2. The Bertz CT molecular complexity index is 793. The first-order valence-electron chi connectivity index (χ1n) is 7.38. The number of aryl methyl sites for hydroxylation is 1. The number of hydrogen-bond donors (Lipinski definition) is 2. The highest BCUT2D eigenvalue weighted by Crippen LogP contribution is 2.23. The zero-order valence-electron chi connectivity index (χ0n) is 12.8. The van der Waals surface area contributed by atoms with Crippen LogP contribution in [-0.4, -0.2) is 10.9 Å². The van der Waals surface area contributed by atoms with Crippen LogP contribution in [0.25, 0.3) is 10.8 Å². The smallest absolute Gasteiger partial charge is 0.236 e. The molecule has 3 aromatic rings. The third kappa shape index (κ3) is 3.98. The van der Waals surface area contributed by atoms with Crippen LogP contribution in [0.5, 0.6) is 0 Å². The molecule has 0 aliphatic heterocycles. The van der Waals surface area contributed by atoms with Crippen molar-refractivity contribution in [3.05, 3.63) is 59.3 Å². The molecule has 0 atom stereocenters. The van der Waals surface area contributed by atoms with Gasteiger partial charge in [0.05, 0.1) is 11.4 Å². The minimum atomic E-state index is 0.360. The van der Waals surface area contributed by atoms with E-state index in [9.17, 15) is 0 Å². The van der Waals surface area contributed by atoms with Crippen molar-refractivity contribution in [1.82, 2.24) is 4.98 Å². The molecule has 0 aliphatic carbocycles. The molecule has 0 saturated heterocycles. The van der Waals surface area contributed by atoms with Gasteiger partial charge in [0.2, 0.25) is 5.89 Å². The quantitative estimate of drug-likeness (QED) is 0.551. The summed E-state index contributed by atoms with van der Waals surface area (Å²) >= 11 is 1.59. The van der Waals surface area contributed by atoms with Gasteiger partial charge in [-0.1, -0.05) is 25.1 Å². The Hall–Kier alpha value is -2.60. The van der Waals surface area contributed by atoms with Crippen LogP contribution < -0.4 is 11.1 Å². The lowest BCUT2D eigenvalue weighted by Crippen LogP contribution is -2.22. The molecule has 0 saturated carbocycles. The Balaban J connectivity index is 1.63. The van der Waals surface area contributed by atoms with Crippen LogP contribution in [0.3, 0.4) is 0 Å². The van der Waals surface area contributed by atoms with E-state index in [1.807, 2.05) is 29.6 Å². The standard InChI is InChI=1S/C17H18N4OS/c1-2-12-5-3-6-13(9-12)21-17(18)19-10-14-11-22-16(20-14)15-7-4-8-23-15/h3-9,11H,2,10H2,1H3,(H3,18,19,21). The molecule has 2 heterocycles. The van der Waals surface area contributed by atoms with Gasteiger partial charge in [0.1, 0.15) is 12.0 Å². The highest BCUT2D eigenvalue weighted by atomic mass is 32.1. The van der Waals surface area contributed by atoms with E-state index in [0.717, 1.165) is 22.7 Å². The largest absolute Gasteiger partial charge is 0.443 e. The number of aliphatic imine (C=N–C) groups is 1. The summed E-state index contributed by atoms with van der Waals surface area (Å²) in [6.07, 6.45) is 2.60. The number of rotatable bonds is 5. The summed E-state index contributed by atoms with van der Waals surface area (Å²) < 4.78 is 5.46. The van der Waals surface area contributed by atoms with E-state index in [1.54, 1.807) is 17.6 Å². The van der Waals surface area contributed by atoms with Gasteiger partial charge in [-0.25, -0.2) is 9.98 Å². The van der Waals surface area contributed by atoms with Crippen molar-refractivity contribution in [3.8, 4) is 10.8 Å². The second-order valence-corrected chi connectivity index (χ2v) is 5.95. The van der Waals surface area contributed by atoms with E-state index in [2.05, 4.69) is 34.3 Å². The zero-order valence-corrected chi connectivity index (χ0v) is 13.6. The van der Waals surface area contributed by atoms with E-state index < -0.39 is 0 Å². The first-order valence-corrected chi connectivity index (χ1v) is 8.26. The summed E-state index contributed by atoms with van der Waals surface area (Å²) in [6.45, 7) is 2.49. The molecule has 0 aliphatic rings. The molecule has 0 radical (unpaired) electrons. The molecule has 0 spiro atoms. The molecule has 0 amide bonds. The lowest BCUT2D eigenvalue weighted by molar-refractivity contribution is 0.574. The van der Waals surface area contributed by atoms with Crippen LogP contribution in [-0.2, 0) is 13.0 Å². The van der Waals surface area contributed by atoms with E-state index in [1.165, 1.54) is 5.56 Å². The second-order valence-electron chi connectivity index (χ2n) is 5.00. The molecule has 0 unspecified atom stereocenters. The van der Waals surface area contributed by atoms with Gasteiger partial charge in [-0.05, 0) is 35.6 Å². The molecule has 5 nitrogen and oxygen atoms in total. The Morgan fingerprint density at radius 2 is 2.26 bits per heavy atom. The van der Waals surface area contributed by atoms with Gasteiger partial charge < -0.3 is 15.5 Å². The number of thiophene rings is 1. The SMILES string of the molecule is CCc1cccc(NC(N)=NCc2coc(-c3cccs3)n2)c1. The third-order valence-corrected chi connectivity index (χ3v) is 4.16. The maximum Gasteiger partial charge on any atom is 0.236 e. The number of aromatic nitrogens is 1. The van der Waals surface area contributed by atoms with Crippen molar-refractivity contribution in [3.63, 3.8) is 0 Å². The molecule has 118 valence electrons. The summed E-state index contributed by atoms with van der Waals surface area (Å²) in [7, 11) is 0. The fourth-order valence-electron chi connectivity index (χ4n) is 2.12. The highest BCUT2D eigenvalue weighted by molar-refractivity contribution is 7.13. The average molecular weight is 326 g/mol. The van der Waals surface area contributed by atoms with Crippen molar-refractivity contribution in [2.24, 2.45) is 10.7 Å². The average Bonchev–Trinajstić information content (AvgIpc) is 3.24. The van der Waals surface area contributed by atoms with E-state index in [-0.39, 0.29) is 0 Å². The van der Waals surface area contributed by atoms with E-state index in [4.69, 9.17) is 10.2 Å². The second kappa shape index (κ2) is 7.11. The van der Waals surface area contributed by atoms with Gasteiger partial charge in [0.25, 0.3) is 0 Å². The summed E-state index contributed by atoms with van der Waals surface area (Å²) in [4.78, 5) is 9.72. The van der Waals surface area contributed by atoms with Gasteiger partial charge >= 0.3 is 0 Å². The summed E-state index contributed by atoms with van der Waals surface area (Å²) in [6, 6.07) is 12.0. The van der Waals surface area contributed by atoms with Crippen LogP contribution in [0.4, 0.5) is 5.69 Å². The normalized spacial score (nSPS) is 11.6. The maximum absolute atomic E-state index is 5.93. The predicted molar refractivity (Wildman–Crippen MR) is 94.6 cm³/mol. The molecule has 6 heteroatoms. The van der Waals surface area contributed by atoms with Gasteiger partial charge in [-0.3, -0.25) is 0 Å². The van der Waals surface area contributed by atoms with Crippen LogP contribution in [0.2, 0.25) is 0 Å². The molecule has 3 N–H and O–H groups in total. The molecular weight excluding hydrogens is 308 g/mol. The Labute approximate surface area is 138 Å². The molecule has 2 aromatic heterocycles. The van der Waals surface area contributed by atoms with E-state index in [0.29, 0.717) is 18.4 Å². The monoisotopic (exact) mass is 326 g/mol. The summed E-state index contributed by atoms with van der Waals surface area (Å²) in [5.74, 6) is 0.978. The summed E-state index contributed by atoms with van der Waals surface area (Å²) in [5.41, 5.74) is 8.86. The van der Waals surface area contributed by atoms with Gasteiger partial charge in [0, 0.05) is 5.69 Å². The number of oxazole rings is 1. The predicted octanol–water partition coefficient (Wildman–Crippen LogP) is 3.89. The van der Waals surface area contributed by atoms with Crippen LogP contribution in [0.1, 0.15) is 18.2 Å². The van der Waals surface area contributed by atoms with Gasteiger partial charge in [0.15, 0.2) is 5.96 Å². The minimum absolute atomic E-state index is 0.360. The lowest BCUT2D eigenvalue weighted by atomic mass is 10.1. The highest BCUT2D eigenvalue weighted by Gasteiger charge is 2.07. The van der Waals surface area contributed by atoms with Crippen LogP contribution in [0, 0.1) is 0 Å². The van der Waals surface area contributed by atoms with Crippen molar-refractivity contribution >= 4 is 23.0 Å². The van der Waals surface area contributed by atoms with Crippen molar-refractivity contribution in [2.75, 3.05) is 5.32 Å². The summed E-state index contributed by atoms with van der Waals surface area (Å²) in [5, 5.41) is 5.08. The van der Waals surface area contributed by atoms with Gasteiger partial charge in [-0.15, -0.1) is 11.3 Å². The van der Waals surface area contributed by atoms with Crippen LogP contribution in [0.15, 0.2) is 57.5 Å². The number of benzene rings is 1. The molecule has 1 aromatic carbocycles. The maximum atomic E-state index is 5.93. The Kier molecular flexibility index (Phi) is 4.73. The Morgan fingerprint density at radius 1 is 1.35 bits per heavy atom. The van der Waals surface area contributed by atoms with Crippen molar-refractivity contribution in [1.29, 1.82) is 0 Å². The van der Waals surface area contributed by atoms with Crippen LogP contribution >= 0.6 is 11.3 Å². The number of nitrogens with one attached hydrogen (secondary N) is 1. The number of nitrogens with two attached hydrogens (primary N) is 1. The van der Waals surface area contributed by atoms with Crippen molar-refractivity contribution < 1.29 is 4.42 Å². The van der Waals surface area contributed by atoms with E-state index >= 15 is 0 Å². The topological polar surface area (TPSA) is 76.4 Å². The zero-order chi connectivity index (χ0) is 16.1. The molecule has 0 fully saturated rings. The number of anilines is 1. The van der Waals surface area contributed by atoms with Gasteiger partial charge in [-0.2, -0.15) is 0 Å². The molecule has 3 rings (SSSR count). The molecule has 23 heavy (non-hydrogen) atoms. The molecular formula is C17H18N4OS. The molecule has 0 bridgehead atoms. The fraction of sp³-hybridized carbons (Fsp3) is 0.176.